The summed E-state index contributed by atoms with van der Waals surface area (Å²) in [5.41, 5.74) is 6.20. The molecule has 1 aliphatic heterocycles. The lowest BCUT2D eigenvalue weighted by molar-refractivity contribution is 0.623. The molecule has 1 aliphatic rings. The van der Waals surface area contributed by atoms with Crippen LogP contribution >= 0.6 is 0 Å². The minimum absolute atomic E-state index is 0.157. The molecule has 2 aromatic rings. The quantitative estimate of drug-likeness (QED) is 0.810. The summed E-state index contributed by atoms with van der Waals surface area (Å²) in [7, 11) is 0. The Morgan fingerprint density at radius 3 is 3.11 bits per heavy atom. The van der Waals surface area contributed by atoms with E-state index in [1.807, 2.05) is 4.90 Å². The molecule has 6 nitrogen and oxygen atoms in total. The normalized spacial score (nSPS) is 19.4. The van der Waals surface area contributed by atoms with Crippen LogP contribution in [0.3, 0.4) is 0 Å². The highest BCUT2D eigenvalue weighted by Crippen LogP contribution is 2.21. The average Bonchev–Trinajstić information content (AvgIpc) is 2.98. The lowest BCUT2D eigenvalue weighted by Gasteiger charge is -2.11. The van der Waals surface area contributed by atoms with Crippen LogP contribution in [0.5, 0.6) is 0 Å². The summed E-state index contributed by atoms with van der Waals surface area (Å²) in [5.74, 6) is 0.554. The monoisotopic (exact) mass is 248 g/mol. The van der Waals surface area contributed by atoms with E-state index in [1.165, 1.54) is 6.20 Å². The van der Waals surface area contributed by atoms with Crippen LogP contribution < -0.4 is 10.6 Å². The second-order valence-electron chi connectivity index (χ2n) is 4.33. The number of aromatic amines is 1. The Balaban J connectivity index is 1.88. The molecule has 94 valence electrons. The van der Waals surface area contributed by atoms with E-state index in [-0.39, 0.29) is 6.04 Å². The van der Waals surface area contributed by atoms with Gasteiger partial charge in [-0.3, -0.25) is 10.1 Å². The lowest BCUT2D eigenvalue weighted by Crippen LogP contribution is -2.26. The van der Waals surface area contributed by atoms with Gasteiger partial charge in [0.15, 0.2) is 11.6 Å². The van der Waals surface area contributed by atoms with Crippen molar-refractivity contribution in [3.05, 3.63) is 24.3 Å². The van der Waals surface area contributed by atoms with Gasteiger partial charge >= 0.3 is 0 Å². The molecule has 0 amide bonds. The highest BCUT2D eigenvalue weighted by Gasteiger charge is 2.22. The zero-order valence-electron chi connectivity index (χ0n) is 9.67. The molecule has 1 unspecified atom stereocenters. The highest BCUT2D eigenvalue weighted by atomic mass is 19.1. The number of halogens is 1. The minimum Gasteiger partial charge on any atom is -0.338 e. The van der Waals surface area contributed by atoms with Gasteiger partial charge in [0.1, 0.15) is 0 Å². The largest absolute Gasteiger partial charge is 0.338 e. The van der Waals surface area contributed by atoms with E-state index in [4.69, 9.17) is 5.73 Å². The number of pyridine rings is 1. The van der Waals surface area contributed by atoms with Crippen LogP contribution in [0, 0.1) is 5.82 Å². The molecule has 3 heterocycles. The maximum Gasteiger partial charge on any atom is 0.245 e. The number of hydrogen-bond acceptors (Lipinski definition) is 5. The molecule has 3 rings (SSSR count). The van der Waals surface area contributed by atoms with Gasteiger partial charge in [-0.1, -0.05) is 0 Å². The molecule has 0 aromatic carbocycles. The van der Waals surface area contributed by atoms with Gasteiger partial charge in [0.2, 0.25) is 5.95 Å². The van der Waals surface area contributed by atoms with Gasteiger partial charge in [0.25, 0.3) is 0 Å². The Morgan fingerprint density at radius 2 is 2.39 bits per heavy atom. The van der Waals surface area contributed by atoms with Crippen molar-refractivity contribution in [3.8, 4) is 11.4 Å². The molecule has 1 saturated heterocycles. The molecule has 3 N–H and O–H groups in total. The van der Waals surface area contributed by atoms with Crippen molar-refractivity contribution in [2.75, 3.05) is 18.0 Å². The summed E-state index contributed by atoms with van der Waals surface area (Å²) in [4.78, 5) is 9.98. The molecular weight excluding hydrogens is 235 g/mol. The molecule has 2 aromatic heterocycles. The standard InChI is InChI=1S/C11H13FN6/c12-9-5-14-3-1-8(9)10-15-11(17-16-10)18-4-2-7(13)6-18/h1,3,5,7H,2,4,6,13H2,(H,15,16,17). The Morgan fingerprint density at radius 1 is 1.50 bits per heavy atom. The van der Waals surface area contributed by atoms with E-state index in [0.29, 0.717) is 17.3 Å². The van der Waals surface area contributed by atoms with Gasteiger partial charge in [-0.15, -0.1) is 5.10 Å². The van der Waals surface area contributed by atoms with Gasteiger partial charge < -0.3 is 10.6 Å². The lowest BCUT2D eigenvalue weighted by atomic mass is 10.2. The number of H-pyrrole nitrogens is 1. The average molecular weight is 248 g/mol. The molecular formula is C11H13FN6. The van der Waals surface area contributed by atoms with Crippen molar-refractivity contribution >= 4 is 5.95 Å². The minimum atomic E-state index is -0.418. The van der Waals surface area contributed by atoms with Crippen LogP contribution in [0.1, 0.15) is 6.42 Å². The van der Waals surface area contributed by atoms with Crippen LogP contribution in [-0.2, 0) is 0 Å². The van der Waals surface area contributed by atoms with Gasteiger partial charge in [0, 0.05) is 25.3 Å². The topological polar surface area (TPSA) is 83.7 Å². The maximum absolute atomic E-state index is 13.5. The first-order chi connectivity index (χ1) is 8.74. The van der Waals surface area contributed by atoms with Gasteiger partial charge in [0.05, 0.1) is 11.8 Å². The van der Waals surface area contributed by atoms with Gasteiger partial charge in [-0.25, -0.2) is 4.39 Å². The molecule has 0 bridgehead atoms. The Kier molecular flexibility index (Phi) is 2.67. The number of aromatic nitrogens is 4. The van der Waals surface area contributed by atoms with Crippen LogP contribution in [0.4, 0.5) is 10.3 Å². The molecule has 1 fully saturated rings. The molecule has 7 heteroatoms. The highest BCUT2D eigenvalue weighted by molar-refractivity contribution is 5.56. The third-order valence-electron chi connectivity index (χ3n) is 3.01. The third kappa shape index (κ3) is 1.92. The number of nitrogens with two attached hydrogens (primary N) is 1. The first kappa shape index (κ1) is 11.1. The van der Waals surface area contributed by atoms with Crippen molar-refractivity contribution in [3.63, 3.8) is 0 Å². The van der Waals surface area contributed by atoms with E-state index in [9.17, 15) is 4.39 Å². The Labute approximate surface area is 103 Å². The summed E-state index contributed by atoms with van der Waals surface area (Å²) in [6.07, 6.45) is 3.60. The zero-order chi connectivity index (χ0) is 12.5. The van der Waals surface area contributed by atoms with Crippen molar-refractivity contribution in [1.82, 2.24) is 20.2 Å². The smallest absolute Gasteiger partial charge is 0.245 e. The van der Waals surface area contributed by atoms with Gasteiger partial charge in [-0.2, -0.15) is 4.98 Å². The number of nitrogens with zero attached hydrogens (tertiary/aromatic N) is 4. The van der Waals surface area contributed by atoms with Crippen LogP contribution in [0.25, 0.3) is 11.4 Å². The summed E-state index contributed by atoms with van der Waals surface area (Å²) in [6, 6.07) is 1.72. The van der Waals surface area contributed by atoms with Crippen molar-refractivity contribution < 1.29 is 4.39 Å². The molecule has 1 atom stereocenters. The summed E-state index contributed by atoms with van der Waals surface area (Å²) < 4.78 is 13.5. The first-order valence-electron chi connectivity index (χ1n) is 5.77. The van der Waals surface area contributed by atoms with Crippen LogP contribution in [-0.4, -0.2) is 39.3 Å². The predicted molar refractivity (Wildman–Crippen MR) is 64.4 cm³/mol. The Bertz CT molecular complexity index is 554. The maximum atomic E-state index is 13.5. The number of hydrogen-bond donors (Lipinski definition) is 2. The fourth-order valence-electron chi connectivity index (χ4n) is 2.05. The number of nitrogens with one attached hydrogen (secondary N) is 1. The molecule has 0 aliphatic carbocycles. The van der Waals surface area contributed by atoms with Crippen molar-refractivity contribution in [2.24, 2.45) is 5.73 Å². The molecule has 0 saturated carbocycles. The van der Waals surface area contributed by atoms with Crippen molar-refractivity contribution in [1.29, 1.82) is 0 Å². The van der Waals surface area contributed by atoms with E-state index in [1.54, 1.807) is 6.07 Å². The fraction of sp³-hybridized carbons (Fsp3) is 0.364. The molecule has 0 radical (unpaired) electrons. The second-order valence-corrected chi connectivity index (χ2v) is 4.33. The van der Waals surface area contributed by atoms with Crippen molar-refractivity contribution in [2.45, 2.75) is 12.5 Å². The fourth-order valence-corrected chi connectivity index (χ4v) is 2.05. The number of rotatable bonds is 2. The summed E-state index contributed by atoms with van der Waals surface area (Å²) in [5, 5.41) is 6.84. The Hall–Kier alpha value is -2.02. The first-order valence-corrected chi connectivity index (χ1v) is 5.77. The second kappa shape index (κ2) is 4.34. The van der Waals surface area contributed by atoms with Crippen LogP contribution in [0.2, 0.25) is 0 Å². The van der Waals surface area contributed by atoms with Crippen LogP contribution in [0.15, 0.2) is 18.5 Å². The predicted octanol–water partition coefficient (Wildman–Crippen LogP) is 0.543. The number of anilines is 1. The third-order valence-corrected chi connectivity index (χ3v) is 3.01. The van der Waals surface area contributed by atoms with E-state index in [2.05, 4.69) is 20.2 Å². The van der Waals surface area contributed by atoms with E-state index >= 15 is 0 Å². The van der Waals surface area contributed by atoms with E-state index in [0.717, 1.165) is 25.7 Å². The van der Waals surface area contributed by atoms with E-state index < -0.39 is 5.82 Å². The summed E-state index contributed by atoms with van der Waals surface area (Å²) >= 11 is 0. The zero-order valence-corrected chi connectivity index (χ0v) is 9.67. The SMILES string of the molecule is NC1CCN(c2n[nH]c(-c3ccncc3F)n2)C1. The molecule has 18 heavy (non-hydrogen) atoms. The van der Waals surface area contributed by atoms with Gasteiger partial charge in [-0.05, 0) is 12.5 Å². The molecule has 0 spiro atoms. The summed E-state index contributed by atoms with van der Waals surface area (Å²) in [6.45, 7) is 1.56.